The van der Waals surface area contributed by atoms with Crippen molar-refractivity contribution in [2.75, 3.05) is 0 Å². The van der Waals surface area contributed by atoms with Gasteiger partial charge in [0.25, 0.3) is 0 Å². The fraction of sp³-hybridized carbons (Fsp3) is 0.714. The van der Waals surface area contributed by atoms with Crippen LogP contribution in [0.1, 0.15) is 44.9 Å². The second-order valence-electron chi connectivity index (χ2n) is 5.89. The molecule has 0 amide bonds. The van der Waals surface area contributed by atoms with Crippen molar-refractivity contribution in [3.63, 3.8) is 0 Å². The molecule has 0 radical (unpaired) electrons. The maximum Gasteiger partial charge on any atom is 0.241 e. The Hall–Kier alpha value is -0.430. The molecule has 2 N–H and O–H groups in total. The van der Waals surface area contributed by atoms with E-state index in [1.165, 1.54) is 17.8 Å². The lowest BCUT2D eigenvalue weighted by Crippen LogP contribution is -2.40. The molecule has 4 nitrogen and oxygen atoms in total. The SMILES string of the molecule is CC(C)NCc1cc(S(=O)(=O)NC(C)C2CCC2)cs1. The van der Waals surface area contributed by atoms with Gasteiger partial charge in [0.05, 0.1) is 4.90 Å². The van der Waals surface area contributed by atoms with Crippen LogP contribution >= 0.6 is 11.3 Å². The standard InChI is InChI=1S/C14H24N2O2S2/c1-10(2)15-8-13-7-14(9-19-13)20(17,18)16-11(3)12-5-4-6-12/h7,9-12,15-16H,4-6,8H2,1-3H3. The molecule has 1 aliphatic carbocycles. The zero-order valence-corrected chi connectivity index (χ0v) is 14.0. The van der Waals surface area contributed by atoms with Crippen LogP contribution in [0.25, 0.3) is 0 Å². The summed E-state index contributed by atoms with van der Waals surface area (Å²) < 4.78 is 27.4. The van der Waals surface area contributed by atoms with Crippen LogP contribution in [0.5, 0.6) is 0 Å². The van der Waals surface area contributed by atoms with Crippen molar-refractivity contribution in [1.82, 2.24) is 10.0 Å². The Morgan fingerprint density at radius 3 is 2.60 bits per heavy atom. The smallest absolute Gasteiger partial charge is 0.241 e. The summed E-state index contributed by atoms with van der Waals surface area (Å²) in [6.07, 6.45) is 3.49. The Balaban J connectivity index is 1.98. The Bertz CT molecular complexity index is 533. The summed E-state index contributed by atoms with van der Waals surface area (Å²) in [6, 6.07) is 2.20. The second-order valence-corrected chi connectivity index (χ2v) is 8.60. The van der Waals surface area contributed by atoms with Crippen LogP contribution in [-0.4, -0.2) is 20.5 Å². The fourth-order valence-electron chi connectivity index (χ4n) is 2.25. The summed E-state index contributed by atoms with van der Waals surface area (Å²) in [4.78, 5) is 1.45. The van der Waals surface area contributed by atoms with Gasteiger partial charge in [0, 0.05) is 28.9 Å². The molecule has 1 atom stereocenters. The van der Waals surface area contributed by atoms with Crippen LogP contribution in [0.2, 0.25) is 0 Å². The van der Waals surface area contributed by atoms with Crippen molar-refractivity contribution in [2.24, 2.45) is 5.92 Å². The van der Waals surface area contributed by atoms with Crippen LogP contribution in [-0.2, 0) is 16.6 Å². The van der Waals surface area contributed by atoms with Gasteiger partial charge in [0.1, 0.15) is 0 Å². The molecule has 20 heavy (non-hydrogen) atoms. The third-order valence-corrected chi connectivity index (χ3v) is 6.45. The normalized spacial score (nSPS) is 18.2. The lowest BCUT2D eigenvalue weighted by molar-refractivity contribution is 0.260. The molecule has 1 aromatic rings. The molecule has 114 valence electrons. The molecule has 0 bridgehead atoms. The molecule has 1 aliphatic rings. The van der Waals surface area contributed by atoms with Gasteiger partial charge in [-0.3, -0.25) is 0 Å². The lowest BCUT2D eigenvalue weighted by Gasteiger charge is -2.31. The molecule has 1 fully saturated rings. The van der Waals surface area contributed by atoms with E-state index < -0.39 is 10.0 Å². The minimum Gasteiger partial charge on any atom is -0.310 e. The highest BCUT2D eigenvalue weighted by molar-refractivity contribution is 7.89. The molecular formula is C14H24N2O2S2. The van der Waals surface area contributed by atoms with Crippen LogP contribution < -0.4 is 10.0 Å². The number of rotatable bonds is 7. The van der Waals surface area contributed by atoms with Crippen molar-refractivity contribution in [1.29, 1.82) is 0 Å². The minimum atomic E-state index is -3.37. The summed E-state index contributed by atoms with van der Waals surface area (Å²) in [5.74, 6) is 0.505. The Labute approximate surface area is 126 Å². The van der Waals surface area contributed by atoms with Gasteiger partial charge in [-0.25, -0.2) is 13.1 Å². The van der Waals surface area contributed by atoms with Gasteiger partial charge < -0.3 is 5.32 Å². The number of nitrogens with one attached hydrogen (secondary N) is 2. The minimum absolute atomic E-state index is 0.0332. The van der Waals surface area contributed by atoms with E-state index in [1.54, 1.807) is 11.4 Å². The van der Waals surface area contributed by atoms with E-state index in [0.717, 1.165) is 24.3 Å². The lowest BCUT2D eigenvalue weighted by atomic mass is 9.81. The van der Waals surface area contributed by atoms with E-state index >= 15 is 0 Å². The van der Waals surface area contributed by atoms with Crippen LogP contribution in [0, 0.1) is 5.92 Å². The molecule has 0 aromatic carbocycles. The van der Waals surface area contributed by atoms with Crippen LogP contribution in [0.4, 0.5) is 0 Å². The summed E-state index contributed by atoms with van der Waals surface area (Å²) >= 11 is 1.49. The number of thiophene rings is 1. The van der Waals surface area contributed by atoms with Gasteiger partial charge in [0.2, 0.25) is 10.0 Å². The second kappa shape index (κ2) is 6.56. The quantitative estimate of drug-likeness (QED) is 0.813. The number of sulfonamides is 1. The molecule has 0 aliphatic heterocycles. The first kappa shape index (κ1) is 15.9. The van der Waals surface area contributed by atoms with Crippen molar-refractivity contribution in [3.05, 3.63) is 16.3 Å². The van der Waals surface area contributed by atoms with Crippen LogP contribution in [0.3, 0.4) is 0 Å². The third-order valence-electron chi connectivity index (χ3n) is 3.82. The first-order valence-corrected chi connectivity index (χ1v) is 9.58. The topological polar surface area (TPSA) is 58.2 Å². The third kappa shape index (κ3) is 4.04. The van der Waals surface area contributed by atoms with Crippen molar-refractivity contribution < 1.29 is 8.42 Å². The van der Waals surface area contributed by atoms with Crippen molar-refractivity contribution >= 4 is 21.4 Å². The first-order chi connectivity index (χ1) is 9.38. The largest absolute Gasteiger partial charge is 0.310 e. The van der Waals surface area contributed by atoms with E-state index in [2.05, 4.69) is 23.9 Å². The van der Waals surface area contributed by atoms with Crippen molar-refractivity contribution in [3.8, 4) is 0 Å². The predicted molar refractivity (Wildman–Crippen MR) is 83.4 cm³/mol. The van der Waals surface area contributed by atoms with Gasteiger partial charge in [-0.1, -0.05) is 20.3 Å². The predicted octanol–water partition coefficient (Wildman–Crippen LogP) is 2.71. The van der Waals surface area contributed by atoms with Gasteiger partial charge in [-0.05, 0) is 31.7 Å². The molecule has 1 saturated carbocycles. The highest BCUT2D eigenvalue weighted by atomic mass is 32.2. The molecular weight excluding hydrogens is 292 g/mol. The van der Waals surface area contributed by atoms with E-state index in [0.29, 0.717) is 16.9 Å². The molecule has 2 rings (SSSR count). The van der Waals surface area contributed by atoms with Crippen molar-refractivity contribution in [2.45, 2.75) is 63.6 Å². The highest BCUT2D eigenvalue weighted by Gasteiger charge is 2.28. The summed E-state index contributed by atoms with van der Waals surface area (Å²) in [7, 11) is -3.37. The zero-order valence-electron chi connectivity index (χ0n) is 12.3. The molecule has 6 heteroatoms. The number of hydrogen-bond acceptors (Lipinski definition) is 4. The summed E-state index contributed by atoms with van der Waals surface area (Å²) in [6.45, 7) is 6.84. The highest BCUT2D eigenvalue weighted by Crippen LogP contribution is 2.30. The molecule has 1 aromatic heterocycles. The van der Waals surface area contributed by atoms with E-state index in [4.69, 9.17) is 0 Å². The zero-order chi connectivity index (χ0) is 14.8. The van der Waals surface area contributed by atoms with E-state index in [-0.39, 0.29) is 6.04 Å². The van der Waals surface area contributed by atoms with Gasteiger partial charge in [0.15, 0.2) is 0 Å². The fourth-order valence-corrected chi connectivity index (χ4v) is 4.79. The number of hydrogen-bond donors (Lipinski definition) is 2. The van der Waals surface area contributed by atoms with Gasteiger partial charge >= 0.3 is 0 Å². The van der Waals surface area contributed by atoms with Gasteiger partial charge in [-0.15, -0.1) is 11.3 Å². The summed E-state index contributed by atoms with van der Waals surface area (Å²) in [5.41, 5.74) is 0. The molecule has 0 saturated heterocycles. The Morgan fingerprint density at radius 1 is 1.35 bits per heavy atom. The van der Waals surface area contributed by atoms with E-state index in [9.17, 15) is 8.42 Å². The maximum absolute atomic E-state index is 12.3. The first-order valence-electron chi connectivity index (χ1n) is 7.21. The molecule has 1 unspecified atom stereocenters. The van der Waals surface area contributed by atoms with Crippen LogP contribution in [0.15, 0.2) is 16.3 Å². The average molecular weight is 316 g/mol. The molecule has 0 spiro atoms. The van der Waals surface area contributed by atoms with Gasteiger partial charge in [-0.2, -0.15) is 0 Å². The maximum atomic E-state index is 12.3. The summed E-state index contributed by atoms with van der Waals surface area (Å²) in [5, 5.41) is 5.03. The Morgan fingerprint density at radius 2 is 2.05 bits per heavy atom. The van der Waals surface area contributed by atoms with E-state index in [1.807, 2.05) is 6.92 Å². The molecule has 1 heterocycles. The Kier molecular flexibility index (Phi) is 5.23. The monoisotopic (exact) mass is 316 g/mol. The average Bonchev–Trinajstić information content (AvgIpc) is 2.71.